The molecule has 3 nitrogen and oxygen atoms in total. The van der Waals surface area contributed by atoms with Gasteiger partial charge in [0.15, 0.2) is 0 Å². The molecular formula is C16H34N2O. The van der Waals surface area contributed by atoms with Crippen LogP contribution in [0.2, 0.25) is 0 Å². The molecule has 114 valence electrons. The van der Waals surface area contributed by atoms with E-state index >= 15 is 0 Å². The van der Waals surface area contributed by atoms with E-state index in [0.717, 1.165) is 44.9 Å². The van der Waals surface area contributed by atoms with Crippen LogP contribution >= 0.6 is 0 Å². The summed E-state index contributed by atoms with van der Waals surface area (Å²) in [6.45, 7) is 14.7. The normalized spacial score (nSPS) is 21.8. The van der Waals surface area contributed by atoms with Gasteiger partial charge in [0.05, 0.1) is 6.10 Å². The highest BCUT2D eigenvalue weighted by molar-refractivity contribution is 4.83. The van der Waals surface area contributed by atoms with E-state index < -0.39 is 0 Å². The van der Waals surface area contributed by atoms with Gasteiger partial charge in [-0.3, -0.25) is 0 Å². The Labute approximate surface area is 119 Å². The molecule has 0 aromatic rings. The van der Waals surface area contributed by atoms with Crippen LogP contribution < -0.4 is 5.32 Å². The van der Waals surface area contributed by atoms with Crippen LogP contribution in [0, 0.1) is 11.3 Å². The lowest BCUT2D eigenvalue weighted by Gasteiger charge is -2.38. The smallest absolute Gasteiger partial charge is 0.0564 e. The largest absolute Gasteiger partial charge is 0.393 e. The molecule has 0 radical (unpaired) electrons. The molecule has 0 spiro atoms. The number of piperidine rings is 1. The number of aliphatic hydroxyl groups is 1. The van der Waals surface area contributed by atoms with E-state index in [1.165, 1.54) is 19.4 Å². The highest BCUT2D eigenvalue weighted by Gasteiger charge is 2.28. The van der Waals surface area contributed by atoms with E-state index in [2.05, 4.69) is 37.9 Å². The van der Waals surface area contributed by atoms with E-state index in [0.29, 0.717) is 5.41 Å². The fourth-order valence-corrected chi connectivity index (χ4v) is 3.11. The molecule has 1 fully saturated rings. The van der Waals surface area contributed by atoms with Gasteiger partial charge in [-0.05, 0) is 37.1 Å². The minimum Gasteiger partial charge on any atom is -0.393 e. The minimum atomic E-state index is -0.0623. The van der Waals surface area contributed by atoms with Crippen molar-refractivity contribution in [2.24, 2.45) is 11.3 Å². The van der Waals surface area contributed by atoms with Gasteiger partial charge < -0.3 is 15.3 Å². The first-order valence-corrected chi connectivity index (χ1v) is 8.06. The second kappa shape index (κ2) is 8.23. The molecule has 0 aromatic carbocycles. The molecule has 0 saturated carbocycles. The highest BCUT2D eigenvalue weighted by Crippen LogP contribution is 2.25. The average molecular weight is 270 g/mol. The first kappa shape index (κ1) is 16.9. The van der Waals surface area contributed by atoms with Crippen LogP contribution in [0.1, 0.15) is 53.4 Å². The Morgan fingerprint density at radius 1 is 1.32 bits per heavy atom. The van der Waals surface area contributed by atoms with Crippen LogP contribution in [0.25, 0.3) is 0 Å². The fourth-order valence-electron chi connectivity index (χ4n) is 3.11. The topological polar surface area (TPSA) is 35.5 Å². The quantitative estimate of drug-likeness (QED) is 0.711. The standard InChI is InChI=1S/C16H34N2O/c1-5-8-16(4,12-17-11-14(2)3)13-18-9-6-15(19)7-10-18/h14-15,17,19H,5-13H2,1-4H3. The highest BCUT2D eigenvalue weighted by atomic mass is 16.3. The zero-order valence-corrected chi connectivity index (χ0v) is 13.4. The Bertz CT molecular complexity index is 237. The lowest BCUT2D eigenvalue weighted by molar-refractivity contribution is 0.0571. The third kappa shape index (κ3) is 6.73. The molecule has 0 amide bonds. The molecule has 1 heterocycles. The summed E-state index contributed by atoms with van der Waals surface area (Å²) < 4.78 is 0. The van der Waals surface area contributed by atoms with Gasteiger partial charge >= 0.3 is 0 Å². The first-order valence-electron chi connectivity index (χ1n) is 8.06. The predicted octanol–water partition coefficient (Wildman–Crippen LogP) is 2.50. The second-order valence-electron chi connectivity index (χ2n) is 7.09. The van der Waals surface area contributed by atoms with Gasteiger partial charge in [0.1, 0.15) is 0 Å². The SMILES string of the molecule is CCCC(C)(CNCC(C)C)CN1CCC(O)CC1. The lowest BCUT2D eigenvalue weighted by atomic mass is 9.84. The van der Waals surface area contributed by atoms with Crippen molar-refractivity contribution in [2.45, 2.75) is 59.5 Å². The lowest BCUT2D eigenvalue weighted by Crippen LogP contribution is -2.46. The van der Waals surface area contributed by atoms with Crippen molar-refractivity contribution in [2.75, 3.05) is 32.7 Å². The second-order valence-corrected chi connectivity index (χ2v) is 7.09. The Hall–Kier alpha value is -0.120. The molecule has 3 heteroatoms. The third-order valence-corrected chi connectivity index (χ3v) is 4.12. The van der Waals surface area contributed by atoms with E-state index in [1.54, 1.807) is 0 Å². The van der Waals surface area contributed by atoms with Crippen molar-refractivity contribution >= 4 is 0 Å². The molecular weight excluding hydrogens is 236 g/mol. The molecule has 19 heavy (non-hydrogen) atoms. The Morgan fingerprint density at radius 3 is 2.47 bits per heavy atom. The van der Waals surface area contributed by atoms with Crippen LogP contribution in [0.5, 0.6) is 0 Å². The van der Waals surface area contributed by atoms with Crippen LogP contribution in [-0.4, -0.2) is 48.8 Å². The molecule has 0 aliphatic carbocycles. The van der Waals surface area contributed by atoms with Crippen molar-refractivity contribution in [1.82, 2.24) is 10.2 Å². The maximum atomic E-state index is 9.59. The molecule has 1 unspecified atom stereocenters. The Kier molecular flexibility index (Phi) is 7.33. The van der Waals surface area contributed by atoms with Crippen LogP contribution in [0.4, 0.5) is 0 Å². The molecule has 0 aromatic heterocycles. The van der Waals surface area contributed by atoms with Crippen molar-refractivity contribution in [3.8, 4) is 0 Å². The number of likely N-dealkylation sites (tertiary alicyclic amines) is 1. The van der Waals surface area contributed by atoms with Gasteiger partial charge in [-0.2, -0.15) is 0 Å². The van der Waals surface area contributed by atoms with E-state index in [1.807, 2.05) is 0 Å². The summed E-state index contributed by atoms with van der Waals surface area (Å²) in [7, 11) is 0. The Morgan fingerprint density at radius 2 is 1.95 bits per heavy atom. The molecule has 2 N–H and O–H groups in total. The molecule has 1 aliphatic rings. The number of aliphatic hydroxyl groups excluding tert-OH is 1. The molecule has 1 saturated heterocycles. The minimum absolute atomic E-state index is 0.0623. The summed E-state index contributed by atoms with van der Waals surface area (Å²) >= 11 is 0. The molecule has 1 aliphatic heterocycles. The summed E-state index contributed by atoms with van der Waals surface area (Å²) in [5, 5.41) is 13.2. The van der Waals surface area contributed by atoms with Crippen molar-refractivity contribution in [3.05, 3.63) is 0 Å². The first-order chi connectivity index (χ1) is 8.95. The van der Waals surface area contributed by atoms with E-state index in [4.69, 9.17) is 0 Å². The fraction of sp³-hybridized carbons (Fsp3) is 1.00. The average Bonchev–Trinajstić information content (AvgIpc) is 2.32. The summed E-state index contributed by atoms with van der Waals surface area (Å²) in [4.78, 5) is 2.54. The van der Waals surface area contributed by atoms with Gasteiger partial charge in [0.25, 0.3) is 0 Å². The summed E-state index contributed by atoms with van der Waals surface area (Å²) in [5.74, 6) is 0.719. The van der Waals surface area contributed by atoms with Gasteiger partial charge in [0.2, 0.25) is 0 Å². The monoisotopic (exact) mass is 270 g/mol. The maximum absolute atomic E-state index is 9.59. The zero-order chi connectivity index (χ0) is 14.3. The maximum Gasteiger partial charge on any atom is 0.0564 e. The number of nitrogens with zero attached hydrogens (tertiary/aromatic N) is 1. The number of hydrogen-bond acceptors (Lipinski definition) is 3. The van der Waals surface area contributed by atoms with Crippen LogP contribution in [0.3, 0.4) is 0 Å². The summed E-state index contributed by atoms with van der Waals surface area (Å²) in [5.41, 5.74) is 0.367. The summed E-state index contributed by atoms with van der Waals surface area (Å²) in [6.07, 6.45) is 4.35. The van der Waals surface area contributed by atoms with Crippen molar-refractivity contribution in [3.63, 3.8) is 0 Å². The number of hydrogen-bond donors (Lipinski definition) is 2. The number of rotatable bonds is 8. The summed E-state index contributed by atoms with van der Waals surface area (Å²) in [6, 6.07) is 0. The van der Waals surface area contributed by atoms with Crippen LogP contribution in [-0.2, 0) is 0 Å². The molecule has 1 rings (SSSR count). The number of nitrogens with one attached hydrogen (secondary N) is 1. The molecule has 0 bridgehead atoms. The van der Waals surface area contributed by atoms with Gasteiger partial charge in [-0.25, -0.2) is 0 Å². The predicted molar refractivity (Wildman–Crippen MR) is 82.4 cm³/mol. The van der Waals surface area contributed by atoms with Gasteiger partial charge in [0, 0.05) is 26.2 Å². The molecule has 1 atom stereocenters. The third-order valence-electron chi connectivity index (χ3n) is 4.12. The van der Waals surface area contributed by atoms with E-state index in [9.17, 15) is 5.11 Å². The van der Waals surface area contributed by atoms with Crippen LogP contribution in [0.15, 0.2) is 0 Å². The van der Waals surface area contributed by atoms with Gasteiger partial charge in [-0.15, -0.1) is 0 Å². The Balaban J connectivity index is 2.40. The van der Waals surface area contributed by atoms with E-state index in [-0.39, 0.29) is 6.10 Å². The van der Waals surface area contributed by atoms with Crippen molar-refractivity contribution < 1.29 is 5.11 Å². The zero-order valence-electron chi connectivity index (χ0n) is 13.4. The van der Waals surface area contributed by atoms with Crippen molar-refractivity contribution in [1.29, 1.82) is 0 Å². The van der Waals surface area contributed by atoms with Gasteiger partial charge in [-0.1, -0.05) is 34.1 Å².